The van der Waals surface area contributed by atoms with Crippen molar-refractivity contribution in [3.8, 4) is 0 Å². The molecule has 0 saturated heterocycles. The van der Waals surface area contributed by atoms with E-state index in [1.54, 1.807) is 6.92 Å². The van der Waals surface area contributed by atoms with Crippen LogP contribution in [0.2, 0.25) is 0 Å². The minimum atomic E-state index is -0.174. The van der Waals surface area contributed by atoms with Crippen LogP contribution in [-0.2, 0) is 11.3 Å². The Morgan fingerprint density at radius 1 is 1.60 bits per heavy atom. The van der Waals surface area contributed by atoms with Crippen LogP contribution in [0.25, 0.3) is 0 Å². The lowest BCUT2D eigenvalue weighted by atomic mass is 10.1. The maximum absolute atomic E-state index is 11.4. The zero-order chi connectivity index (χ0) is 11.4. The standard InChI is InChI=1S/C10H15ClN2O2/c1-6(4-11)10(14)12-5-9-7(2)13-15-8(9)3/h6H,4-5H2,1-3H3,(H,12,14). The zero-order valence-corrected chi connectivity index (χ0v) is 9.89. The molecule has 0 saturated carbocycles. The van der Waals surface area contributed by atoms with Gasteiger partial charge in [0.05, 0.1) is 5.69 Å². The van der Waals surface area contributed by atoms with E-state index < -0.39 is 0 Å². The normalized spacial score (nSPS) is 12.5. The van der Waals surface area contributed by atoms with Crippen molar-refractivity contribution in [2.75, 3.05) is 5.88 Å². The zero-order valence-electron chi connectivity index (χ0n) is 9.13. The minimum Gasteiger partial charge on any atom is -0.361 e. The number of halogens is 1. The molecule has 1 aromatic heterocycles. The van der Waals surface area contributed by atoms with Crippen molar-refractivity contribution >= 4 is 17.5 Å². The summed E-state index contributed by atoms with van der Waals surface area (Å²) in [6.45, 7) is 5.91. The molecule has 1 rings (SSSR count). The van der Waals surface area contributed by atoms with E-state index in [9.17, 15) is 4.79 Å². The van der Waals surface area contributed by atoms with Gasteiger partial charge in [0.1, 0.15) is 5.76 Å². The van der Waals surface area contributed by atoms with Crippen LogP contribution in [0, 0.1) is 19.8 Å². The lowest BCUT2D eigenvalue weighted by Gasteiger charge is -2.08. The van der Waals surface area contributed by atoms with E-state index in [0.29, 0.717) is 12.4 Å². The summed E-state index contributed by atoms with van der Waals surface area (Å²) in [7, 11) is 0. The third-order valence-electron chi connectivity index (χ3n) is 2.30. The fourth-order valence-corrected chi connectivity index (χ4v) is 1.31. The van der Waals surface area contributed by atoms with Crippen LogP contribution in [0.4, 0.5) is 0 Å². The fourth-order valence-electron chi connectivity index (χ4n) is 1.17. The van der Waals surface area contributed by atoms with Crippen molar-refractivity contribution < 1.29 is 9.32 Å². The Labute approximate surface area is 94.0 Å². The first-order chi connectivity index (χ1) is 7.06. The van der Waals surface area contributed by atoms with Gasteiger partial charge in [-0.2, -0.15) is 0 Å². The van der Waals surface area contributed by atoms with E-state index >= 15 is 0 Å². The second-order valence-electron chi connectivity index (χ2n) is 3.58. The number of rotatable bonds is 4. The van der Waals surface area contributed by atoms with Gasteiger partial charge in [-0.3, -0.25) is 4.79 Å². The van der Waals surface area contributed by atoms with Gasteiger partial charge in [0.25, 0.3) is 0 Å². The van der Waals surface area contributed by atoms with Crippen molar-refractivity contribution in [3.05, 3.63) is 17.0 Å². The molecule has 84 valence electrons. The van der Waals surface area contributed by atoms with Gasteiger partial charge >= 0.3 is 0 Å². The molecule has 1 N–H and O–H groups in total. The summed E-state index contributed by atoms with van der Waals surface area (Å²) in [6.07, 6.45) is 0. The van der Waals surface area contributed by atoms with Crippen molar-refractivity contribution in [2.45, 2.75) is 27.3 Å². The van der Waals surface area contributed by atoms with Crippen LogP contribution in [0.3, 0.4) is 0 Å². The average Bonchev–Trinajstić information content (AvgIpc) is 2.54. The number of aryl methyl sites for hydroxylation is 2. The van der Waals surface area contributed by atoms with Gasteiger partial charge in [0, 0.05) is 23.9 Å². The molecule has 1 unspecified atom stereocenters. The molecule has 0 aliphatic rings. The van der Waals surface area contributed by atoms with E-state index in [2.05, 4.69) is 10.5 Å². The maximum Gasteiger partial charge on any atom is 0.224 e. The minimum absolute atomic E-state index is 0.0509. The third kappa shape index (κ3) is 2.96. The number of amides is 1. The number of hydrogen-bond donors (Lipinski definition) is 1. The third-order valence-corrected chi connectivity index (χ3v) is 2.76. The molecule has 0 aromatic carbocycles. The molecular formula is C10H15ClN2O2. The highest BCUT2D eigenvalue weighted by Gasteiger charge is 2.13. The van der Waals surface area contributed by atoms with Crippen LogP contribution in [0.5, 0.6) is 0 Å². The number of carbonyl (C=O) groups is 1. The Bertz CT molecular complexity index is 330. The Morgan fingerprint density at radius 3 is 2.73 bits per heavy atom. The monoisotopic (exact) mass is 230 g/mol. The first-order valence-electron chi connectivity index (χ1n) is 4.81. The topological polar surface area (TPSA) is 55.1 Å². The first kappa shape index (κ1) is 12.0. The lowest BCUT2D eigenvalue weighted by molar-refractivity contribution is -0.124. The Balaban J connectivity index is 2.54. The summed E-state index contributed by atoms with van der Waals surface area (Å²) < 4.78 is 4.99. The molecule has 1 aromatic rings. The van der Waals surface area contributed by atoms with Gasteiger partial charge in [-0.1, -0.05) is 12.1 Å². The van der Waals surface area contributed by atoms with Crippen LogP contribution >= 0.6 is 11.6 Å². The molecule has 4 nitrogen and oxygen atoms in total. The smallest absolute Gasteiger partial charge is 0.224 e. The molecule has 0 aliphatic heterocycles. The van der Waals surface area contributed by atoms with Crippen molar-refractivity contribution in [3.63, 3.8) is 0 Å². The maximum atomic E-state index is 11.4. The van der Waals surface area contributed by atoms with Gasteiger partial charge < -0.3 is 9.84 Å². The van der Waals surface area contributed by atoms with Crippen LogP contribution < -0.4 is 5.32 Å². The number of carbonyl (C=O) groups excluding carboxylic acids is 1. The summed E-state index contributed by atoms with van der Waals surface area (Å²) in [5.74, 6) is 0.844. The summed E-state index contributed by atoms with van der Waals surface area (Å²) in [6, 6.07) is 0. The second kappa shape index (κ2) is 5.16. The summed E-state index contributed by atoms with van der Waals surface area (Å²) >= 11 is 5.58. The molecule has 0 bridgehead atoms. The van der Waals surface area contributed by atoms with Crippen molar-refractivity contribution in [2.24, 2.45) is 5.92 Å². The van der Waals surface area contributed by atoms with Gasteiger partial charge in [-0.25, -0.2) is 0 Å². The molecular weight excluding hydrogens is 216 g/mol. The van der Waals surface area contributed by atoms with Gasteiger partial charge in [0.15, 0.2) is 0 Å². The fraction of sp³-hybridized carbons (Fsp3) is 0.600. The SMILES string of the molecule is Cc1noc(C)c1CNC(=O)C(C)CCl. The highest BCUT2D eigenvalue weighted by Crippen LogP contribution is 2.11. The molecule has 0 aliphatic carbocycles. The van der Waals surface area contributed by atoms with Crippen molar-refractivity contribution in [1.29, 1.82) is 0 Å². The Morgan fingerprint density at radius 2 is 2.27 bits per heavy atom. The highest BCUT2D eigenvalue weighted by atomic mass is 35.5. The molecule has 1 atom stereocenters. The summed E-state index contributed by atoms with van der Waals surface area (Å²) in [4.78, 5) is 11.4. The van der Waals surface area contributed by atoms with Crippen LogP contribution in [0.1, 0.15) is 23.9 Å². The second-order valence-corrected chi connectivity index (χ2v) is 3.88. The van der Waals surface area contributed by atoms with E-state index in [4.69, 9.17) is 16.1 Å². The Hall–Kier alpha value is -1.03. The highest BCUT2D eigenvalue weighted by molar-refractivity contribution is 6.19. The van der Waals surface area contributed by atoms with Crippen LogP contribution in [0.15, 0.2) is 4.52 Å². The van der Waals surface area contributed by atoms with Crippen molar-refractivity contribution in [1.82, 2.24) is 10.5 Å². The quantitative estimate of drug-likeness (QED) is 0.803. The van der Waals surface area contributed by atoms with E-state index in [1.807, 2.05) is 13.8 Å². The van der Waals surface area contributed by atoms with E-state index in [-0.39, 0.29) is 11.8 Å². The van der Waals surface area contributed by atoms with E-state index in [1.165, 1.54) is 0 Å². The summed E-state index contributed by atoms with van der Waals surface area (Å²) in [5, 5.41) is 6.60. The number of aromatic nitrogens is 1. The number of hydrogen-bond acceptors (Lipinski definition) is 3. The number of nitrogens with one attached hydrogen (secondary N) is 1. The van der Waals surface area contributed by atoms with Gasteiger partial charge in [-0.05, 0) is 13.8 Å². The molecule has 5 heteroatoms. The predicted octanol–water partition coefficient (Wildman–Crippen LogP) is 1.78. The summed E-state index contributed by atoms with van der Waals surface area (Å²) in [5.41, 5.74) is 1.75. The molecule has 1 amide bonds. The van der Waals surface area contributed by atoms with Crippen LogP contribution in [-0.4, -0.2) is 16.9 Å². The lowest BCUT2D eigenvalue weighted by Crippen LogP contribution is -2.29. The number of nitrogens with zero attached hydrogens (tertiary/aromatic N) is 1. The average molecular weight is 231 g/mol. The molecule has 0 spiro atoms. The predicted molar refractivity (Wildman–Crippen MR) is 57.7 cm³/mol. The number of alkyl halides is 1. The molecule has 0 fully saturated rings. The van der Waals surface area contributed by atoms with Gasteiger partial charge in [-0.15, -0.1) is 11.6 Å². The molecule has 0 radical (unpaired) electrons. The molecule has 15 heavy (non-hydrogen) atoms. The van der Waals surface area contributed by atoms with Gasteiger partial charge in [0.2, 0.25) is 5.91 Å². The Kier molecular flexibility index (Phi) is 4.15. The molecule has 1 heterocycles. The first-order valence-corrected chi connectivity index (χ1v) is 5.35. The van der Waals surface area contributed by atoms with E-state index in [0.717, 1.165) is 17.0 Å². The largest absolute Gasteiger partial charge is 0.361 e.